The molecule has 2 aromatic rings. The predicted octanol–water partition coefficient (Wildman–Crippen LogP) is 2.51. The zero-order valence-corrected chi connectivity index (χ0v) is 16.6. The van der Waals surface area contributed by atoms with Gasteiger partial charge in [-0.3, -0.25) is 9.69 Å². The lowest BCUT2D eigenvalue weighted by atomic mass is 9.73. The number of carbonyl (C=O) groups is 2. The van der Waals surface area contributed by atoms with Gasteiger partial charge >= 0.3 is 6.03 Å². The summed E-state index contributed by atoms with van der Waals surface area (Å²) in [6.45, 7) is 3.97. The van der Waals surface area contributed by atoms with Gasteiger partial charge in [-0.05, 0) is 37.8 Å². The number of nitrogens with one attached hydrogen (secondary N) is 2. The van der Waals surface area contributed by atoms with Crippen LogP contribution in [0.3, 0.4) is 0 Å². The first kappa shape index (κ1) is 19.1. The van der Waals surface area contributed by atoms with Crippen molar-refractivity contribution in [2.24, 2.45) is 5.92 Å². The lowest BCUT2D eigenvalue weighted by Gasteiger charge is -2.36. The van der Waals surface area contributed by atoms with E-state index in [0.717, 1.165) is 30.5 Å². The van der Waals surface area contributed by atoms with Crippen LogP contribution in [-0.4, -0.2) is 37.3 Å². The van der Waals surface area contributed by atoms with Crippen molar-refractivity contribution < 1.29 is 9.59 Å². The largest absolute Gasteiger partial charge is 0.368 e. The monoisotopic (exact) mass is 395 g/mol. The van der Waals surface area contributed by atoms with E-state index in [4.69, 9.17) is 5.73 Å². The van der Waals surface area contributed by atoms with Crippen molar-refractivity contribution in [1.82, 2.24) is 25.2 Å². The van der Waals surface area contributed by atoms with Crippen molar-refractivity contribution in [3.8, 4) is 0 Å². The Morgan fingerprint density at radius 1 is 1.21 bits per heavy atom. The maximum Gasteiger partial charge on any atom is 0.325 e. The molecule has 2 heterocycles. The van der Waals surface area contributed by atoms with Gasteiger partial charge < -0.3 is 16.4 Å². The molecule has 2 atom stereocenters. The topological polar surface area (TPSA) is 126 Å². The van der Waals surface area contributed by atoms with E-state index in [2.05, 4.69) is 25.6 Å². The molecule has 0 unspecified atom stereocenters. The number of nitrogens with two attached hydrogens (primary N) is 1. The van der Waals surface area contributed by atoms with Gasteiger partial charge in [-0.25, -0.2) is 4.79 Å². The van der Waals surface area contributed by atoms with Crippen LogP contribution in [-0.2, 0) is 11.3 Å². The molecule has 1 aliphatic heterocycles. The molecule has 9 heteroatoms. The number of carbonyl (C=O) groups excluding carboxylic acids is 2. The van der Waals surface area contributed by atoms with Gasteiger partial charge in [-0.1, -0.05) is 37.5 Å². The highest BCUT2D eigenvalue weighted by atomic mass is 16.2. The molecule has 1 aromatic heterocycles. The first-order valence-corrected chi connectivity index (χ1v) is 9.85. The van der Waals surface area contributed by atoms with Crippen LogP contribution in [0.1, 0.15) is 44.0 Å². The van der Waals surface area contributed by atoms with Gasteiger partial charge in [-0.15, -0.1) is 0 Å². The fourth-order valence-corrected chi connectivity index (χ4v) is 4.11. The molecule has 152 valence electrons. The second kappa shape index (κ2) is 7.31. The van der Waals surface area contributed by atoms with Gasteiger partial charge in [0.25, 0.3) is 5.91 Å². The van der Waals surface area contributed by atoms with Crippen molar-refractivity contribution in [2.45, 2.75) is 51.6 Å². The Hall–Kier alpha value is -3.23. The predicted molar refractivity (Wildman–Crippen MR) is 108 cm³/mol. The zero-order valence-electron chi connectivity index (χ0n) is 16.6. The van der Waals surface area contributed by atoms with Gasteiger partial charge in [0, 0.05) is 5.69 Å². The quantitative estimate of drug-likeness (QED) is 0.679. The summed E-state index contributed by atoms with van der Waals surface area (Å²) in [5.41, 5.74) is 6.96. The van der Waals surface area contributed by atoms with Crippen LogP contribution in [0, 0.1) is 12.8 Å². The van der Waals surface area contributed by atoms with E-state index in [0.29, 0.717) is 6.42 Å². The Balaban J connectivity index is 1.54. The van der Waals surface area contributed by atoms with E-state index >= 15 is 0 Å². The highest BCUT2D eigenvalue weighted by Gasteiger charge is 2.54. The molecule has 1 aliphatic carbocycles. The highest BCUT2D eigenvalue weighted by molar-refractivity contribution is 6.07. The zero-order chi connectivity index (χ0) is 20.6. The number of hydrogen-bond acceptors (Lipinski definition) is 7. The number of anilines is 3. The summed E-state index contributed by atoms with van der Waals surface area (Å²) in [5, 5.41) is 6.01. The standard InChI is InChI=1S/C20H25N7O2/c1-12-6-8-14(9-7-12)22-18-24-15(23-17(21)25-18)11-27-16(28)20(26-19(27)29)10-4-3-5-13(20)2/h6-9,13H,3-5,10-11H2,1-2H3,(H,26,29)(H3,21,22,23,24,25)/t13-,20+/m1/s1. The molecular weight excluding hydrogens is 370 g/mol. The Labute approximate surface area is 169 Å². The van der Waals surface area contributed by atoms with Gasteiger partial charge in [-0.2, -0.15) is 15.0 Å². The molecule has 9 nitrogen and oxygen atoms in total. The van der Waals surface area contributed by atoms with Crippen molar-refractivity contribution >= 4 is 29.5 Å². The molecular formula is C20H25N7O2. The molecule has 3 amide bonds. The molecule has 2 fully saturated rings. The third-order valence-corrected chi connectivity index (χ3v) is 5.81. The van der Waals surface area contributed by atoms with Crippen LogP contribution in [0.2, 0.25) is 0 Å². The Morgan fingerprint density at radius 2 is 1.97 bits per heavy atom. The van der Waals surface area contributed by atoms with E-state index in [-0.39, 0.29) is 36.1 Å². The van der Waals surface area contributed by atoms with E-state index < -0.39 is 11.6 Å². The summed E-state index contributed by atoms with van der Waals surface area (Å²) in [5.74, 6) is 0.444. The lowest BCUT2D eigenvalue weighted by Crippen LogP contribution is -2.53. The Morgan fingerprint density at radius 3 is 2.69 bits per heavy atom. The molecule has 1 saturated carbocycles. The number of hydrogen-bond donors (Lipinski definition) is 3. The number of urea groups is 1. The van der Waals surface area contributed by atoms with Crippen LogP contribution in [0.4, 0.5) is 22.4 Å². The molecule has 4 rings (SSSR count). The first-order chi connectivity index (χ1) is 13.9. The first-order valence-electron chi connectivity index (χ1n) is 9.85. The minimum atomic E-state index is -0.809. The summed E-state index contributed by atoms with van der Waals surface area (Å²) in [6.07, 6.45) is 3.58. The third-order valence-electron chi connectivity index (χ3n) is 5.81. The summed E-state index contributed by atoms with van der Waals surface area (Å²) < 4.78 is 0. The van der Waals surface area contributed by atoms with Crippen LogP contribution in [0.5, 0.6) is 0 Å². The Kier molecular flexibility index (Phi) is 4.81. The Bertz CT molecular complexity index is 946. The maximum absolute atomic E-state index is 13.1. The molecule has 4 N–H and O–H groups in total. The van der Waals surface area contributed by atoms with Gasteiger partial charge in [0.15, 0.2) is 5.82 Å². The van der Waals surface area contributed by atoms with Crippen molar-refractivity contribution in [3.05, 3.63) is 35.7 Å². The number of aryl methyl sites for hydroxylation is 1. The number of nitrogens with zero attached hydrogens (tertiary/aromatic N) is 4. The number of amides is 3. The molecule has 1 saturated heterocycles. The SMILES string of the molecule is Cc1ccc(Nc2nc(N)nc(CN3C(=O)N[C@]4(CCCC[C@H]4C)C3=O)n2)cc1. The maximum atomic E-state index is 13.1. The van der Waals surface area contributed by atoms with Crippen LogP contribution in [0.15, 0.2) is 24.3 Å². The third kappa shape index (κ3) is 3.59. The lowest BCUT2D eigenvalue weighted by molar-refractivity contribution is -0.134. The average Bonchev–Trinajstić information content (AvgIpc) is 2.91. The summed E-state index contributed by atoms with van der Waals surface area (Å²) >= 11 is 0. The number of imide groups is 1. The second-order valence-electron chi connectivity index (χ2n) is 7.86. The minimum Gasteiger partial charge on any atom is -0.368 e. The van der Waals surface area contributed by atoms with E-state index in [1.807, 2.05) is 38.1 Å². The fraction of sp³-hybridized carbons (Fsp3) is 0.450. The van der Waals surface area contributed by atoms with Crippen LogP contribution >= 0.6 is 0 Å². The van der Waals surface area contributed by atoms with E-state index in [1.54, 1.807) is 0 Å². The highest BCUT2D eigenvalue weighted by Crippen LogP contribution is 2.38. The number of rotatable bonds is 4. The number of aromatic nitrogens is 3. The van der Waals surface area contributed by atoms with Gasteiger partial charge in [0.05, 0.1) is 6.54 Å². The normalized spacial score (nSPS) is 24.1. The molecule has 2 aliphatic rings. The van der Waals surface area contributed by atoms with Crippen molar-refractivity contribution in [2.75, 3.05) is 11.1 Å². The fourth-order valence-electron chi connectivity index (χ4n) is 4.11. The summed E-state index contributed by atoms with van der Waals surface area (Å²) in [7, 11) is 0. The summed E-state index contributed by atoms with van der Waals surface area (Å²) in [4.78, 5) is 39.5. The van der Waals surface area contributed by atoms with Crippen molar-refractivity contribution in [1.29, 1.82) is 0 Å². The average molecular weight is 395 g/mol. The molecule has 1 spiro atoms. The van der Waals surface area contributed by atoms with Crippen LogP contribution < -0.4 is 16.4 Å². The number of nitrogen functional groups attached to an aromatic ring is 1. The van der Waals surface area contributed by atoms with E-state index in [1.165, 1.54) is 4.90 Å². The van der Waals surface area contributed by atoms with Gasteiger partial charge in [0.1, 0.15) is 5.54 Å². The van der Waals surface area contributed by atoms with Crippen LogP contribution in [0.25, 0.3) is 0 Å². The smallest absolute Gasteiger partial charge is 0.325 e. The molecule has 29 heavy (non-hydrogen) atoms. The summed E-state index contributed by atoms with van der Waals surface area (Å²) in [6, 6.07) is 7.33. The molecule has 1 aromatic carbocycles. The van der Waals surface area contributed by atoms with Gasteiger partial charge in [0.2, 0.25) is 11.9 Å². The molecule has 0 bridgehead atoms. The minimum absolute atomic E-state index is 0.0254. The number of benzene rings is 1. The van der Waals surface area contributed by atoms with Crippen molar-refractivity contribution in [3.63, 3.8) is 0 Å². The van der Waals surface area contributed by atoms with E-state index in [9.17, 15) is 9.59 Å². The molecule has 0 radical (unpaired) electrons. The second-order valence-corrected chi connectivity index (χ2v) is 7.86.